The molecule has 0 heterocycles. The quantitative estimate of drug-likeness (QED) is 0.217. The van der Waals surface area contributed by atoms with Crippen LogP contribution in [0.2, 0.25) is 0 Å². The Bertz CT molecular complexity index is 1040. The third-order valence-corrected chi connectivity index (χ3v) is 5.28. The summed E-state index contributed by atoms with van der Waals surface area (Å²) in [7, 11) is -5.28. The van der Waals surface area contributed by atoms with Gasteiger partial charge in [-0.2, -0.15) is 16.8 Å². The van der Waals surface area contributed by atoms with Gasteiger partial charge >= 0.3 is 0 Å². The molecule has 0 radical (unpaired) electrons. The molecule has 0 fully saturated rings. The summed E-state index contributed by atoms with van der Waals surface area (Å²) in [6.45, 7) is 2.11. The predicted molar refractivity (Wildman–Crippen MR) is 119 cm³/mol. The maximum Gasteiger partial charge on any atom is 0.296 e. The first-order valence-electron chi connectivity index (χ1n) is 8.76. The van der Waals surface area contributed by atoms with Gasteiger partial charge in [-0.1, -0.05) is 6.07 Å². The molecule has 0 saturated carbocycles. The number of aryl methyl sites for hydroxylation is 1. The SMILES string of the molecule is CN.COc1ccc(N)c(S(=O)(=O)O)c1.Cc1ccc(OCCCS(=O)(=O)O)cc1N. The van der Waals surface area contributed by atoms with Crippen molar-refractivity contribution in [3.63, 3.8) is 0 Å². The predicted octanol–water partition coefficient (Wildman–Crippen LogP) is 1.33. The lowest BCUT2D eigenvalue weighted by atomic mass is 10.2. The molecule has 0 atom stereocenters. The van der Waals surface area contributed by atoms with Gasteiger partial charge in [-0.3, -0.25) is 9.11 Å². The van der Waals surface area contributed by atoms with Crippen LogP contribution in [-0.4, -0.2) is 52.5 Å². The molecule has 176 valence electrons. The molecule has 0 bridgehead atoms. The second kappa shape index (κ2) is 13.0. The van der Waals surface area contributed by atoms with Crippen LogP contribution >= 0.6 is 0 Å². The number of hydrogen-bond donors (Lipinski definition) is 5. The molecule has 0 saturated heterocycles. The van der Waals surface area contributed by atoms with Crippen molar-refractivity contribution in [3.8, 4) is 11.5 Å². The van der Waals surface area contributed by atoms with Crippen LogP contribution in [0.5, 0.6) is 11.5 Å². The van der Waals surface area contributed by atoms with Gasteiger partial charge in [-0.25, -0.2) is 0 Å². The van der Waals surface area contributed by atoms with E-state index in [-0.39, 0.29) is 29.4 Å². The Balaban J connectivity index is 0.000000547. The zero-order chi connectivity index (χ0) is 24.2. The zero-order valence-corrected chi connectivity index (χ0v) is 19.1. The first-order chi connectivity index (χ1) is 14.3. The minimum Gasteiger partial charge on any atom is -0.497 e. The van der Waals surface area contributed by atoms with Crippen LogP contribution < -0.4 is 26.7 Å². The normalized spacial score (nSPS) is 10.8. The molecule has 0 aliphatic rings. The fraction of sp³-hybridized carbons (Fsp3) is 0.333. The van der Waals surface area contributed by atoms with Gasteiger partial charge in [-0.15, -0.1) is 0 Å². The molecule has 0 aliphatic carbocycles. The summed E-state index contributed by atoms with van der Waals surface area (Å²) < 4.78 is 69.6. The maximum absolute atomic E-state index is 10.7. The van der Waals surface area contributed by atoms with E-state index in [1.54, 1.807) is 12.1 Å². The van der Waals surface area contributed by atoms with Gasteiger partial charge in [0.15, 0.2) is 0 Å². The molecule has 0 aliphatic heterocycles. The van der Waals surface area contributed by atoms with Crippen LogP contribution in [0, 0.1) is 6.92 Å². The van der Waals surface area contributed by atoms with E-state index in [9.17, 15) is 16.8 Å². The fourth-order valence-electron chi connectivity index (χ4n) is 2.00. The van der Waals surface area contributed by atoms with Gasteiger partial charge in [0.1, 0.15) is 16.4 Å². The molecule has 0 aromatic heterocycles. The van der Waals surface area contributed by atoms with Crippen molar-refractivity contribution >= 4 is 31.6 Å². The minimum absolute atomic E-state index is 0.0108. The maximum atomic E-state index is 10.7. The van der Waals surface area contributed by atoms with E-state index >= 15 is 0 Å². The lowest BCUT2D eigenvalue weighted by Crippen LogP contribution is -2.08. The van der Waals surface area contributed by atoms with Crippen molar-refractivity contribution < 1.29 is 35.4 Å². The average Bonchev–Trinajstić information content (AvgIpc) is 2.69. The number of anilines is 2. The van der Waals surface area contributed by atoms with Gasteiger partial charge in [0.25, 0.3) is 20.2 Å². The molecule has 2 rings (SSSR count). The first kappa shape index (κ1) is 28.4. The van der Waals surface area contributed by atoms with Crippen LogP contribution in [0.4, 0.5) is 11.4 Å². The summed E-state index contributed by atoms with van der Waals surface area (Å²) in [4.78, 5) is -0.341. The average molecular weight is 480 g/mol. The number of ether oxygens (including phenoxy) is 2. The Labute approximate surface area is 182 Å². The standard InChI is InChI=1S/C10H15NO4S.C7H9NO4S.CH5N/c1-8-3-4-9(7-10(8)11)15-5-2-6-16(12,13)14;1-12-5-2-3-6(8)7(4-5)13(9,10)11;1-2/h3-4,7H,2,5-6,11H2,1H3,(H,12,13,14);2-4H,8H2,1H3,(H,9,10,11);2H2,1H3. The van der Waals surface area contributed by atoms with Gasteiger partial charge in [0.2, 0.25) is 0 Å². The van der Waals surface area contributed by atoms with Gasteiger partial charge in [0, 0.05) is 17.8 Å². The fourth-order valence-corrected chi connectivity index (χ4v) is 3.12. The summed E-state index contributed by atoms with van der Waals surface area (Å²) in [5, 5.41) is 0. The number of methoxy groups -OCH3 is 1. The van der Waals surface area contributed by atoms with Crippen molar-refractivity contribution in [3.05, 3.63) is 42.0 Å². The van der Waals surface area contributed by atoms with E-state index in [2.05, 4.69) is 5.73 Å². The lowest BCUT2D eigenvalue weighted by molar-refractivity contribution is 0.316. The summed E-state index contributed by atoms with van der Waals surface area (Å²) in [6.07, 6.45) is 0.243. The van der Waals surface area contributed by atoms with Crippen molar-refractivity contribution in [2.75, 3.05) is 38.0 Å². The molecule has 0 spiro atoms. The Kier molecular flexibility index (Phi) is 11.9. The second-order valence-electron chi connectivity index (χ2n) is 5.89. The Morgan fingerprint density at radius 3 is 1.97 bits per heavy atom. The largest absolute Gasteiger partial charge is 0.497 e. The lowest BCUT2D eigenvalue weighted by Gasteiger charge is -2.07. The van der Waals surface area contributed by atoms with Gasteiger partial charge in [0.05, 0.1) is 25.2 Å². The topological polar surface area (TPSA) is 205 Å². The van der Waals surface area contributed by atoms with E-state index in [1.807, 2.05) is 13.0 Å². The molecule has 8 N–H and O–H groups in total. The molecular weight excluding hydrogens is 450 g/mol. The highest BCUT2D eigenvalue weighted by Crippen LogP contribution is 2.23. The monoisotopic (exact) mass is 479 g/mol. The molecule has 31 heavy (non-hydrogen) atoms. The number of benzene rings is 2. The Hall–Kier alpha value is -2.58. The van der Waals surface area contributed by atoms with E-state index in [1.165, 1.54) is 26.3 Å². The van der Waals surface area contributed by atoms with E-state index in [4.69, 9.17) is 30.0 Å². The smallest absolute Gasteiger partial charge is 0.296 e. The van der Waals surface area contributed by atoms with Crippen molar-refractivity contribution in [2.24, 2.45) is 5.73 Å². The molecule has 13 heteroatoms. The number of nitrogens with two attached hydrogens (primary N) is 3. The Morgan fingerprint density at radius 2 is 1.48 bits per heavy atom. The van der Waals surface area contributed by atoms with Gasteiger partial charge < -0.3 is 26.7 Å². The number of rotatable bonds is 7. The zero-order valence-electron chi connectivity index (χ0n) is 17.5. The molecule has 11 nitrogen and oxygen atoms in total. The summed E-state index contributed by atoms with van der Waals surface area (Å²) in [6, 6.07) is 9.28. The third kappa shape index (κ3) is 11.4. The number of hydrogen-bond acceptors (Lipinski definition) is 9. The van der Waals surface area contributed by atoms with Gasteiger partial charge in [-0.05, 0) is 44.2 Å². The minimum atomic E-state index is -4.27. The summed E-state index contributed by atoms with van der Waals surface area (Å²) in [5.41, 5.74) is 17.1. The molecule has 0 unspecified atom stereocenters. The highest BCUT2D eigenvalue weighted by molar-refractivity contribution is 7.86. The first-order valence-corrected chi connectivity index (χ1v) is 11.8. The highest BCUT2D eigenvalue weighted by atomic mass is 32.2. The molecule has 0 amide bonds. The van der Waals surface area contributed by atoms with Crippen molar-refractivity contribution in [2.45, 2.75) is 18.2 Å². The van der Waals surface area contributed by atoms with E-state index < -0.39 is 20.2 Å². The van der Waals surface area contributed by atoms with E-state index in [0.717, 1.165) is 11.6 Å². The summed E-state index contributed by atoms with van der Waals surface area (Å²) >= 11 is 0. The number of nitrogen functional groups attached to an aromatic ring is 2. The third-order valence-electron chi connectivity index (χ3n) is 3.56. The van der Waals surface area contributed by atoms with Crippen LogP contribution in [-0.2, 0) is 20.2 Å². The van der Waals surface area contributed by atoms with Crippen molar-refractivity contribution in [1.82, 2.24) is 0 Å². The summed E-state index contributed by atoms with van der Waals surface area (Å²) in [5.74, 6) is 0.620. The van der Waals surface area contributed by atoms with Crippen LogP contribution in [0.3, 0.4) is 0 Å². The molecular formula is C18H29N3O8S2. The van der Waals surface area contributed by atoms with Crippen LogP contribution in [0.1, 0.15) is 12.0 Å². The highest BCUT2D eigenvalue weighted by Gasteiger charge is 2.14. The van der Waals surface area contributed by atoms with Crippen LogP contribution in [0.15, 0.2) is 41.3 Å². The van der Waals surface area contributed by atoms with E-state index in [0.29, 0.717) is 17.2 Å². The van der Waals surface area contributed by atoms with Crippen LogP contribution in [0.25, 0.3) is 0 Å². The molecule has 2 aromatic rings. The second-order valence-corrected chi connectivity index (χ2v) is 8.85. The van der Waals surface area contributed by atoms with Crippen molar-refractivity contribution in [1.29, 1.82) is 0 Å². The Morgan fingerprint density at radius 1 is 0.903 bits per heavy atom. The molecule has 2 aromatic carbocycles.